The molecular formula is C25H33N3O3S2. The zero-order chi connectivity index (χ0) is 23.0. The lowest BCUT2D eigenvalue weighted by Crippen LogP contribution is -2.42. The Morgan fingerprint density at radius 2 is 2.15 bits per heavy atom. The van der Waals surface area contributed by atoms with E-state index in [1.54, 1.807) is 24.6 Å². The molecule has 1 aliphatic rings. The van der Waals surface area contributed by atoms with Crippen LogP contribution in [0.3, 0.4) is 0 Å². The lowest BCUT2D eigenvalue weighted by atomic mass is 9.81. The summed E-state index contributed by atoms with van der Waals surface area (Å²) in [4.78, 5) is 11.2. The van der Waals surface area contributed by atoms with Crippen molar-refractivity contribution in [2.24, 2.45) is 11.8 Å². The molecule has 1 fully saturated rings. The van der Waals surface area contributed by atoms with Crippen molar-refractivity contribution in [2.75, 3.05) is 39.1 Å². The molecule has 8 heteroatoms. The molecule has 1 unspecified atom stereocenters. The van der Waals surface area contributed by atoms with Crippen molar-refractivity contribution in [3.63, 3.8) is 0 Å². The molecule has 1 saturated heterocycles. The number of aliphatic hydroxyl groups is 2. The number of thiazole rings is 1. The molecule has 3 atom stereocenters. The molecule has 33 heavy (non-hydrogen) atoms. The van der Waals surface area contributed by atoms with E-state index >= 15 is 0 Å². The molecule has 2 N–H and O–H groups in total. The first-order valence-corrected chi connectivity index (χ1v) is 13.5. The first-order chi connectivity index (χ1) is 16.2. The average Bonchev–Trinajstić information content (AvgIpc) is 3.38. The maximum absolute atomic E-state index is 11.0. The van der Waals surface area contributed by atoms with Gasteiger partial charge in [-0.15, -0.1) is 11.3 Å². The molecule has 2 aromatic heterocycles. The summed E-state index contributed by atoms with van der Waals surface area (Å²) in [7, 11) is 1.65. The number of nitrogens with zero attached hydrogens (tertiary/aromatic N) is 3. The molecule has 1 aliphatic heterocycles. The number of hydrogen-bond donors (Lipinski definition) is 2. The Bertz CT molecular complexity index is 1000. The fourth-order valence-corrected chi connectivity index (χ4v) is 6.40. The van der Waals surface area contributed by atoms with Crippen LogP contribution in [0.1, 0.15) is 37.4 Å². The standard InChI is InChI=1S/C25H33N3O3S2/c1-31-20-4-5-23-22(15-20)21(7-9-26-23)24(30)6-3-18-8-12-28(16-19(18)17-29)11-2-13-32-25-27-10-14-33-25/h4-5,7,9-10,14-15,18-19,24,29-30H,2-3,6,8,11-13,16-17H2,1H3/t18-,19-,24?/m1/s1. The van der Waals surface area contributed by atoms with Gasteiger partial charge in [0, 0.05) is 42.1 Å². The van der Waals surface area contributed by atoms with Crippen LogP contribution in [0, 0.1) is 11.8 Å². The normalized spacial score (nSPS) is 20.2. The van der Waals surface area contributed by atoms with Gasteiger partial charge >= 0.3 is 0 Å². The van der Waals surface area contributed by atoms with E-state index in [0.29, 0.717) is 12.3 Å². The summed E-state index contributed by atoms with van der Waals surface area (Å²) in [6.07, 6.45) is 6.86. The Morgan fingerprint density at radius 1 is 1.24 bits per heavy atom. The summed E-state index contributed by atoms with van der Waals surface area (Å²) in [5.74, 6) is 2.55. The van der Waals surface area contributed by atoms with E-state index in [1.807, 2.05) is 47.6 Å². The number of rotatable bonds is 11. The first kappa shape index (κ1) is 24.4. The number of benzene rings is 1. The van der Waals surface area contributed by atoms with Crippen LogP contribution in [0.4, 0.5) is 0 Å². The summed E-state index contributed by atoms with van der Waals surface area (Å²) in [6, 6.07) is 7.67. The predicted octanol–water partition coefficient (Wildman–Crippen LogP) is 4.63. The van der Waals surface area contributed by atoms with Crippen LogP contribution in [0.15, 0.2) is 46.4 Å². The van der Waals surface area contributed by atoms with Crippen molar-refractivity contribution >= 4 is 34.0 Å². The Morgan fingerprint density at radius 3 is 2.94 bits per heavy atom. The number of ether oxygens (including phenoxy) is 1. The molecule has 6 nitrogen and oxygen atoms in total. The van der Waals surface area contributed by atoms with E-state index in [9.17, 15) is 10.2 Å². The van der Waals surface area contributed by atoms with Gasteiger partial charge in [-0.1, -0.05) is 11.8 Å². The zero-order valence-corrected chi connectivity index (χ0v) is 20.7. The molecule has 0 spiro atoms. The number of fused-ring (bicyclic) bond motifs is 1. The van der Waals surface area contributed by atoms with Crippen molar-refractivity contribution in [2.45, 2.75) is 36.1 Å². The number of thioether (sulfide) groups is 1. The van der Waals surface area contributed by atoms with Gasteiger partial charge in [0.2, 0.25) is 0 Å². The van der Waals surface area contributed by atoms with Crippen molar-refractivity contribution in [3.8, 4) is 5.75 Å². The number of hydrogen-bond acceptors (Lipinski definition) is 8. The van der Waals surface area contributed by atoms with Gasteiger partial charge in [-0.05, 0) is 80.4 Å². The molecule has 0 saturated carbocycles. The minimum absolute atomic E-state index is 0.209. The second kappa shape index (κ2) is 12.1. The largest absolute Gasteiger partial charge is 0.497 e. The molecule has 3 heterocycles. The van der Waals surface area contributed by atoms with Crippen LogP contribution < -0.4 is 4.74 Å². The van der Waals surface area contributed by atoms with Gasteiger partial charge in [0.25, 0.3) is 0 Å². The van der Waals surface area contributed by atoms with Gasteiger partial charge in [-0.3, -0.25) is 4.98 Å². The minimum atomic E-state index is -0.553. The molecule has 0 bridgehead atoms. The summed E-state index contributed by atoms with van der Waals surface area (Å²) in [5, 5.41) is 24.0. The molecule has 0 amide bonds. The van der Waals surface area contributed by atoms with Crippen LogP contribution in [0.2, 0.25) is 0 Å². The second-order valence-corrected chi connectivity index (χ2v) is 10.9. The number of aromatic nitrogens is 2. The highest BCUT2D eigenvalue weighted by Crippen LogP contribution is 2.33. The second-order valence-electron chi connectivity index (χ2n) is 8.67. The maximum atomic E-state index is 11.0. The Labute approximate surface area is 204 Å². The lowest BCUT2D eigenvalue weighted by Gasteiger charge is -2.38. The fourth-order valence-electron chi connectivity index (χ4n) is 4.77. The Balaban J connectivity index is 1.27. The van der Waals surface area contributed by atoms with Crippen molar-refractivity contribution < 1.29 is 14.9 Å². The van der Waals surface area contributed by atoms with Crippen LogP contribution in [0.5, 0.6) is 5.75 Å². The number of likely N-dealkylation sites (tertiary alicyclic amines) is 1. The fraction of sp³-hybridized carbons (Fsp3) is 0.520. The zero-order valence-electron chi connectivity index (χ0n) is 19.1. The molecule has 0 aliphatic carbocycles. The Hall–Kier alpha value is -1.71. The van der Waals surface area contributed by atoms with Crippen LogP contribution in [-0.2, 0) is 0 Å². The number of pyridine rings is 1. The smallest absolute Gasteiger partial charge is 0.149 e. The molecule has 178 valence electrons. The third-order valence-electron chi connectivity index (χ3n) is 6.62. The minimum Gasteiger partial charge on any atom is -0.497 e. The topological polar surface area (TPSA) is 78.7 Å². The SMILES string of the molecule is COc1ccc2nccc(C(O)CC[C@@H]3CCN(CCCSc4nccs4)C[C@@H]3CO)c2c1. The van der Waals surface area contributed by atoms with Crippen LogP contribution in [-0.4, -0.2) is 64.2 Å². The lowest BCUT2D eigenvalue weighted by molar-refractivity contribution is 0.0581. The molecule has 4 rings (SSSR count). The van der Waals surface area contributed by atoms with Crippen LogP contribution in [0.25, 0.3) is 10.9 Å². The van der Waals surface area contributed by atoms with Crippen molar-refractivity contribution in [1.82, 2.24) is 14.9 Å². The highest BCUT2D eigenvalue weighted by atomic mass is 32.2. The summed E-state index contributed by atoms with van der Waals surface area (Å²) in [5.41, 5.74) is 1.76. The van der Waals surface area contributed by atoms with Gasteiger partial charge in [0.1, 0.15) is 10.1 Å². The number of methoxy groups -OCH3 is 1. The molecule has 0 radical (unpaired) electrons. The van der Waals surface area contributed by atoms with Gasteiger partial charge in [0.15, 0.2) is 0 Å². The molecule has 1 aromatic carbocycles. The van der Waals surface area contributed by atoms with E-state index in [-0.39, 0.29) is 12.5 Å². The quantitative estimate of drug-likeness (QED) is 0.302. The summed E-state index contributed by atoms with van der Waals surface area (Å²) in [6.45, 7) is 3.28. The van der Waals surface area contributed by atoms with Gasteiger partial charge in [-0.2, -0.15) is 0 Å². The van der Waals surface area contributed by atoms with Gasteiger partial charge < -0.3 is 19.8 Å². The van der Waals surface area contributed by atoms with E-state index in [1.165, 1.54) is 0 Å². The number of piperidine rings is 1. The third-order valence-corrected chi connectivity index (χ3v) is 8.67. The van der Waals surface area contributed by atoms with Gasteiger partial charge in [0.05, 0.1) is 18.7 Å². The average molecular weight is 488 g/mol. The van der Waals surface area contributed by atoms with E-state index in [2.05, 4.69) is 14.9 Å². The third kappa shape index (κ3) is 6.45. The van der Waals surface area contributed by atoms with Crippen LogP contribution >= 0.6 is 23.1 Å². The summed E-state index contributed by atoms with van der Waals surface area (Å²) < 4.78 is 6.50. The first-order valence-electron chi connectivity index (χ1n) is 11.6. The highest BCUT2D eigenvalue weighted by molar-refractivity contribution is 8.00. The van der Waals surface area contributed by atoms with E-state index in [4.69, 9.17) is 4.74 Å². The van der Waals surface area contributed by atoms with Gasteiger partial charge in [-0.25, -0.2) is 4.98 Å². The van der Waals surface area contributed by atoms with Crippen molar-refractivity contribution in [3.05, 3.63) is 47.6 Å². The predicted molar refractivity (Wildman–Crippen MR) is 135 cm³/mol. The monoisotopic (exact) mass is 487 g/mol. The Kier molecular flexibility index (Phi) is 8.97. The number of aliphatic hydroxyl groups excluding tert-OH is 2. The highest BCUT2D eigenvalue weighted by Gasteiger charge is 2.29. The molecular weight excluding hydrogens is 454 g/mol. The van der Waals surface area contributed by atoms with Crippen molar-refractivity contribution in [1.29, 1.82) is 0 Å². The summed E-state index contributed by atoms with van der Waals surface area (Å²) >= 11 is 3.52. The maximum Gasteiger partial charge on any atom is 0.149 e. The van der Waals surface area contributed by atoms with E-state index in [0.717, 1.165) is 71.2 Å². The van der Waals surface area contributed by atoms with E-state index < -0.39 is 6.10 Å². The molecule has 3 aromatic rings.